The molecule has 3 aliphatic rings. The van der Waals surface area contributed by atoms with Crippen LogP contribution in [-0.2, 0) is 57.0 Å². The highest BCUT2D eigenvalue weighted by Crippen LogP contribution is 2.40. The number of hydrogen-bond acceptors (Lipinski definition) is 21. The molecule has 3 saturated heterocycles. The highest BCUT2D eigenvalue weighted by Gasteiger charge is 2.52. The number of hydrogen-bond donors (Lipinski definition) is 6. The second kappa shape index (κ2) is 25.3. The number of ether oxygens (including phenoxy) is 9. The molecule has 1 aromatic rings. The Morgan fingerprint density at radius 2 is 1.46 bits per heavy atom. The summed E-state index contributed by atoms with van der Waals surface area (Å²) in [6.45, 7) is 5.46. The van der Waals surface area contributed by atoms with Gasteiger partial charge in [0, 0.05) is 17.2 Å². The van der Waals surface area contributed by atoms with E-state index in [-0.39, 0.29) is 76.1 Å². The van der Waals surface area contributed by atoms with Gasteiger partial charge in [0.2, 0.25) is 0 Å². The highest BCUT2D eigenvalue weighted by atomic mass is 32.2. The van der Waals surface area contributed by atoms with Crippen molar-refractivity contribution >= 4 is 57.0 Å². The molecule has 4 rings (SSSR count). The van der Waals surface area contributed by atoms with E-state index in [1.54, 1.807) is 19.1 Å². The molecule has 0 radical (unpaired) electrons. The number of ketones is 1. The van der Waals surface area contributed by atoms with Gasteiger partial charge in [0.15, 0.2) is 18.9 Å². The first-order valence-corrected chi connectivity index (χ1v) is 21.7. The zero-order valence-corrected chi connectivity index (χ0v) is 35.6. The van der Waals surface area contributed by atoms with Gasteiger partial charge in [-0.25, -0.2) is 0 Å². The monoisotopic (exact) mass is 896 g/mol. The zero-order valence-electron chi connectivity index (χ0n) is 33.1. The molecule has 1 aromatic carbocycles. The normalized spacial score (nSPS) is 30.5. The number of Topliss-reactive ketones (excluding diaryl/α,β-unsaturated/α-hetero) is 1. The summed E-state index contributed by atoms with van der Waals surface area (Å²) in [6, 6.07) is 7.36. The van der Waals surface area contributed by atoms with Crippen LogP contribution in [0, 0.1) is 5.92 Å². The predicted octanol–water partition coefficient (Wildman–Crippen LogP) is 0.691. The quantitative estimate of drug-likeness (QED) is 0.0532. The Bertz CT molecular complexity index is 1470. The molecule has 0 amide bonds. The van der Waals surface area contributed by atoms with Crippen LogP contribution < -0.4 is 0 Å². The summed E-state index contributed by atoms with van der Waals surface area (Å²) in [5.74, 6) is -0.601. The number of thioether (sulfide) groups is 2. The molecule has 0 aromatic heterocycles. The average Bonchev–Trinajstić information content (AvgIpc) is 3.22. The largest absolute Gasteiger partial charge is 0.463 e. The number of thiocarbonyl (C=S) groups is 1. The van der Waals surface area contributed by atoms with Crippen molar-refractivity contribution in [2.75, 3.05) is 58.6 Å². The molecule has 13 atom stereocenters. The van der Waals surface area contributed by atoms with Crippen molar-refractivity contribution in [1.82, 2.24) is 0 Å². The van der Waals surface area contributed by atoms with Crippen molar-refractivity contribution < 1.29 is 87.7 Å². The van der Waals surface area contributed by atoms with Crippen LogP contribution in [0.1, 0.15) is 62.7 Å². The first kappa shape index (κ1) is 49.8. The maximum atomic E-state index is 12.9. The number of esters is 2. The van der Waals surface area contributed by atoms with Crippen LogP contribution in [0.5, 0.6) is 0 Å². The van der Waals surface area contributed by atoms with Crippen molar-refractivity contribution in [3.63, 3.8) is 0 Å². The third-order valence-corrected chi connectivity index (χ3v) is 12.3. The fourth-order valence-corrected chi connectivity index (χ4v) is 9.03. The van der Waals surface area contributed by atoms with Gasteiger partial charge in [-0.1, -0.05) is 62.1 Å². The van der Waals surface area contributed by atoms with Crippen LogP contribution in [0.15, 0.2) is 24.3 Å². The van der Waals surface area contributed by atoms with Gasteiger partial charge in [-0.15, -0.1) is 11.8 Å². The van der Waals surface area contributed by atoms with E-state index in [1.165, 1.54) is 30.4 Å². The Labute approximate surface area is 356 Å². The molecule has 3 fully saturated rings. The SMILES string of the molecule is CCSC(=S)SC(CC(C)C(=O)OCCOCCOCCOC(=O)CCC(C)=O)c1ccc(C2OC[C@H]3O[C@H](O[C@H]4O[C@H](CO)[C@@H](O)[C@H](O)[C@H]4O)[C@H](O)[C@@H](O)[C@@H]3O2)cc1. The summed E-state index contributed by atoms with van der Waals surface area (Å²) in [6.07, 6.45) is -14.9. The lowest BCUT2D eigenvalue weighted by molar-refractivity contribution is -0.399. The summed E-state index contributed by atoms with van der Waals surface area (Å²) in [5.41, 5.74) is 1.51. The number of rotatable bonds is 22. The smallest absolute Gasteiger partial charge is 0.308 e. The Kier molecular flexibility index (Phi) is 21.3. The van der Waals surface area contributed by atoms with Crippen LogP contribution in [0.4, 0.5) is 0 Å². The van der Waals surface area contributed by atoms with Crippen molar-refractivity contribution in [3.05, 3.63) is 35.4 Å². The first-order chi connectivity index (χ1) is 28.2. The number of benzene rings is 1. The third-order valence-electron chi connectivity index (χ3n) is 9.52. The Morgan fingerprint density at radius 3 is 2.10 bits per heavy atom. The second-order valence-electron chi connectivity index (χ2n) is 14.0. The predicted molar refractivity (Wildman–Crippen MR) is 214 cm³/mol. The molecule has 21 heteroatoms. The van der Waals surface area contributed by atoms with E-state index in [4.69, 9.17) is 54.8 Å². The standard InChI is InChI=1S/C38H56O18S3/c1-4-58-38(57)59-26(17-20(2)34(47)51-16-14-49-12-11-48-13-15-50-27(41)10-5-21(3)40)22-6-8-23(9-7-22)35-52-19-25-33(55-35)30(44)32(46)37(54-25)56-36-31(45)29(43)28(42)24(18-39)53-36/h6-9,20,24-26,28-33,35-37,39,42-46H,4-5,10-19H2,1-3H3/t20?,24-,25-,26?,28-,29+,30-,31-,32-,33-,35?,36-,37-/m1/s1. The maximum Gasteiger partial charge on any atom is 0.308 e. The van der Waals surface area contributed by atoms with Gasteiger partial charge in [-0.05, 0) is 24.7 Å². The molecule has 3 heterocycles. The number of carbonyl (C=O) groups is 3. The van der Waals surface area contributed by atoms with Gasteiger partial charge in [0.25, 0.3) is 0 Å². The van der Waals surface area contributed by atoms with Crippen molar-refractivity contribution in [2.24, 2.45) is 5.92 Å². The van der Waals surface area contributed by atoms with Gasteiger partial charge in [0.05, 0.1) is 52.0 Å². The summed E-state index contributed by atoms with van der Waals surface area (Å²) in [4.78, 5) is 35.4. The van der Waals surface area contributed by atoms with E-state index >= 15 is 0 Å². The van der Waals surface area contributed by atoms with Crippen LogP contribution in [0.2, 0.25) is 0 Å². The molecule has 0 aliphatic carbocycles. The minimum Gasteiger partial charge on any atom is -0.463 e. The maximum absolute atomic E-state index is 12.9. The Morgan fingerprint density at radius 1 is 0.831 bits per heavy atom. The number of carbonyl (C=O) groups excluding carboxylic acids is 3. The molecule has 0 bridgehead atoms. The van der Waals surface area contributed by atoms with Crippen LogP contribution >= 0.6 is 35.7 Å². The highest BCUT2D eigenvalue weighted by molar-refractivity contribution is 8.47. The lowest BCUT2D eigenvalue weighted by Crippen LogP contribution is -2.65. The number of fused-ring (bicyclic) bond motifs is 1. The minimum absolute atomic E-state index is 0.0448. The van der Waals surface area contributed by atoms with E-state index < -0.39 is 86.2 Å². The van der Waals surface area contributed by atoms with Gasteiger partial charge in [-0.2, -0.15) is 0 Å². The Hall–Kier alpha value is -1.90. The summed E-state index contributed by atoms with van der Waals surface area (Å²) in [7, 11) is 0. The minimum atomic E-state index is -1.74. The van der Waals surface area contributed by atoms with Crippen molar-refractivity contribution in [2.45, 2.75) is 113 Å². The molecule has 0 saturated carbocycles. The van der Waals surface area contributed by atoms with E-state index in [0.29, 0.717) is 12.0 Å². The van der Waals surface area contributed by atoms with E-state index in [0.717, 1.165) is 14.8 Å². The van der Waals surface area contributed by atoms with Gasteiger partial charge < -0.3 is 78.1 Å². The van der Waals surface area contributed by atoms with E-state index in [1.807, 2.05) is 19.1 Å². The number of aliphatic hydroxyl groups excluding tert-OH is 6. The van der Waals surface area contributed by atoms with Crippen molar-refractivity contribution in [1.29, 1.82) is 0 Å². The molecule has 18 nitrogen and oxygen atoms in total. The first-order valence-electron chi connectivity index (χ1n) is 19.4. The third kappa shape index (κ3) is 15.2. The molecule has 59 heavy (non-hydrogen) atoms. The fraction of sp³-hybridized carbons (Fsp3) is 0.737. The summed E-state index contributed by atoms with van der Waals surface area (Å²) >= 11 is 8.61. The molecule has 6 N–H and O–H groups in total. The molecular weight excluding hydrogens is 841 g/mol. The van der Waals surface area contributed by atoms with E-state index in [2.05, 4.69) is 0 Å². The topological polar surface area (TPSA) is 256 Å². The fourth-order valence-electron chi connectivity index (χ4n) is 6.21. The van der Waals surface area contributed by atoms with Crippen LogP contribution in [0.25, 0.3) is 0 Å². The lowest BCUT2D eigenvalue weighted by atomic mass is 9.97. The Balaban J connectivity index is 1.23. The molecule has 3 unspecified atom stereocenters. The zero-order chi connectivity index (χ0) is 43.1. The second-order valence-corrected chi connectivity index (χ2v) is 17.7. The van der Waals surface area contributed by atoms with Gasteiger partial charge in [-0.3, -0.25) is 9.59 Å². The van der Waals surface area contributed by atoms with Gasteiger partial charge >= 0.3 is 11.9 Å². The summed E-state index contributed by atoms with van der Waals surface area (Å²) < 4.78 is 50.7. The van der Waals surface area contributed by atoms with E-state index in [9.17, 15) is 45.0 Å². The van der Waals surface area contributed by atoms with Crippen LogP contribution in [-0.4, -0.2) is 172 Å². The summed E-state index contributed by atoms with van der Waals surface area (Å²) in [5, 5.41) is 61.7. The van der Waals surface area contributed by atoms with Crippen molar-refractivity contribution in [3.8, 4) is 0 Å². The lowest BCUT2D eigenvalue weighted by Gasteiger charge is -2.48. The molecule has 334 valence electrons. The van der Waals surface area contributed by atoms with Crippen LogP contribution in [0.3, 0.4) is 0 Å². The molecule has 3 aliphatic heterocycles. The average molecular weight is 897 g/mol. The number of aliphatic hydroxyl groups is 6. The molecule has 0 spiro atoms. The molecular formula is C38H56O18S3. The van der Waals surface area contributed by atoms with Gasteiger partial charge in [0.1, 0.15) is 71.4 Å².